The summed E-state index contributed by atoms with van der Waals surface area (Å²) in [6.45, 7) is 2.01. The molecule has 6 heteroatoms. The Balaban J connectivity index is 1.85. The smallest absolute Gasteiger partial charge is 0.266 e. The van der Waals surface area contributed by atoms with Crippen LogP contribution in [0.5, 0.6) is 0 Å². The summed E-state index contributed by atoms with van der Waals surface area (Å²) in [7, 11) is 0. The lowest BCUT2D eigenvalue weighted by atomic mass is 10.1. The van der Waals surface area contributed by atoms with Crippen molar-refractivity contribution in [1.29, 1.82) is 0 Å². The molecule has 0 radical (unpaired) electrons. The Bertz CT molecular complexity index is 1160. The highest BCUT2D eigenvalue weighted by Crippen LogP contribution is 2.18. The average Bonchev–Trinajstić information content (AvgIpc) is 3.10. The van der Waals surface area contributed by atoms with E-state index < -0.39 is 0 Å². The van der Waals surface area contributed by atoms with Crippen LogP contribution >= 0.6 is 22.9 Å². The third-order valence-corrected chi connectivity index (χ3v) is 4.95. The number of halogens is 1. The molecule has 4 aromatic rings. The molecule has 4 nitrogen and oxygen atoms in total. The van der Waals surface area contributed by atoms with E-state index in [2.05, 4.69) is 10.1 Å². The zero-order chi connectivity index (χ0) is 16.7. The fourth-order valence-corrected chi connectivity index (χ4v) is 3.56. The van der Waals surface area contributed by atoms with Gasteiger partial charge in [-0.3, -0.25) is 4.79 Å². The first-order valence-electron chi connectivity index (χ1n) is 7.35. The summed E-state index contributed by atoms with van der Waals surface area (Å²) in [6.07, 6.45) is 1.78. The number of hydrogen-bond acceptors (Lipinski definition) is 4. The minimum atomic E-state index is -0.179. The minimum absolute atomic E-state index is 0.179. The standard InChI is InChI=1S/C18H12ClN3OS/c1-11-5-4-7-13(9-11)16-20-18-22(21-16)17(23)15(24-18)10-12-6-2-3-8-14(12)19/h2-10H,1H3/b15-10-. The Kier molecular flexibility index (Phi) is 3.67. The number of hydrogen-bond donors (Lipinski definition) is 0. The van der Waals surface area contributed by atoms with Crippen LogP contribution in [0, 0.1) is 6.92 Å². The van der Waals surface area contributed by atoms with Crippen molar-refractivity contribution < 1.29 is 0 Å². The fraction of sp³-hybridized carbons (Fsp3) is 0.0556. The number of aromatic nitrogens is 3. The summed E-state index contributed by atoms with van der Waals surface area (Å²) in [5, 5.41) is 4.97. The molecular formula is C18H12ClN3OS. The first-order chi connectivity index (χ1) is 11.6. The molecule has 0 N–H and O–H groups in total. The van der Waals surface area contributed by atoms with Gasteiger partial charge in [0, 0.05) is 10.6 Å². The Hall–Kier alpha value is -2.50. The molecule has 0 saturated heterocycles. The summed E-state index contributed by atoms with van der Waals surface area (Å²) in [4.78, 5) is 17.6. The molecule has 2 heterocycles. The van der Waals surface area contributed by atoms with E-state index in [-0.39, 0.29) is 5.56 Å². The molecule has 0 aliphatic heterocycles. The van der Waals surface area contributed by atoms with Gasteiger partial charge in [0.1, 0.15) is 0 Å². The van der Waals surface area contributed by atoms with Gasteiger partial charge in [0.05, 0.1) is 4.53 Å². The molecule has 0 bridgehead atoms. The van der Waals surface area contributed by atoms with Crippen molar-refractivity contribution in [3.05, 3.63) is 79.6 Å². The van der Waals surface area contributed by atoms with Crippen LogP contribution in [0.25, 0.3) is 22.4 Å². The van der Waals surface area contributed by atoms with E-state index >= 15 is 0 Å². The maximum atomic E-state index is 12.6. The first kappa shape index (κ1) is 15.1. The molecular weight excluding hydrogens is 342 g/mol. The molecule has 0 amide bonds. The van der Waals surface area contributed by atoms with E-state index in [1.165, 1.54) is 15.9 Å². The number of benzene rings is 2. The van der Waals surface area contributed by atoms with Gasteiger partial charge in [-0.15, -0.1) is 5.10 Å². The van der Waals surface area contributed by atoms with Crippen LogP contribution in [0.3, 0.4) is 0 Å². The van der Waals surface area contributed by atoms with Gasteiger partial charge in [-0.25, -0.2) is 0 Å². The monoisotopic (exact) mass is 353 g/mol. The molecule has 0 fully saturated rings. The lowest BCUT2D eigenvalue weighted by Gasteiger charge is -1.96. The molecule has 24 heavy (non-hydrogen) atoms. The van der Waals surface area contributed by atoms with Crippen LogP contribution in [0.4, 0.5) is 0 Å². The van der Waals surface area contributed by atoms with Gasteiger partial charge < -0.3 is 0 Å². The van der Waals surface area contributed by atoms with E-state index in [1.54, 1.807) is 12.1 Å². The third kappa shape index (κ3) is 2.62. The molecule has 0 aliphatic rings. The highest BCUT2D eigenvalue weighted by molar-refractivity contribution is 7.15. The van der Waals surface area contributed by atoms with Gasteiger partial charge in [-0.1, -0.05) is 64.9 Å². The van der Waals surface area contributed by atoms with E-state index in [9.17, 15) is 4.79 Å². The van der Waals surface area contributed by atoms with Crippen LogP contribution in [0.2, 0.25) is 5.02 Å². The lowest BCUT2D eigenvalue weighted by Crippen LogP contribution is -2.23. The van der Waals surface area contributed by atoms with Gasteiger partial charge in [0.2, 0.25) is 4.96 Å². The van der Waals surface area contributed by atoms with Gasteiger partial charge in [-0.05, 0) is 30.7 Å². The first-order valence-corrected chi connectivity index (χ1v) is 8.54. The van der Waals surface area contributed by atoms with E-state index in [0.717, 1.165) is 16.7 Å². The van der Waals surface area contributed by atoms with E-state index in [0.29, 0.717) is 20.3 Å². The van der Waals surface area contributed by atoms with Crippen molar-refractivity contribution in [2.75, 3.05) is 0 Å². The topological polar surface area (TPSA) is 47.3 Å². The maximum Gasteiger partial charge on any atom is 0.291 e. The number of fused-ring (bicyclic) bond motifs is 1. The Morgan fingerprint density at radius 3 is 2.75 bits per heavy atom. The Labute approximate surface area is 146 Å². The molecule has 0 saturated carbocycles. The third-order valence-electron chi connectivity index (χ3n) is 3.65. The molecule has 0 unspecified atom stereocenters. The van der Waals surface area contributed by atoms with Crippen molar-refractivity contribution in [2.45, 2.75) is 6.92 Å². The molecule has 0 atom stereocenters. The second-order valence-corrected chi connectivity index (χ2v) is 6.85. The van der Waals surface area contributed by atoms with E-state index in [1.807, 2.05) is 49.4 Å². The van der Waals surface area contributed by atoms with Gasteiger partial charge in [0.25, 0.3) is 5.56 Å². The Morgan fingerprint density at radius 2 is 2.00 bits per heavy atom. The summed E-state index contributed by atoms with van der Waals surface area (Å²) in [5.41, 5.74) is 2.66. The SMILES string of the molecule is Cc1cccc(-c2nc3s/c(=C\c4ccccc4Cl)c(=O)n3n2)c1. The summed E-state index contributed by atoms with van der Waals surface area (Å²) in [5.74, 6) is 0.561. The van der Waals surface area contributed by atoms with E-state index in [4.69, 9.17) is 11.6 Å². The van der Waals surface area contributed by atoms with Crippen molar-refractivity contribution in [3.8, 4) is 11.4 Å². The zero-order valence-corrected chi connectivity index (χ0v) is 14.3. The van der Waals surface area contributed by atoms with Crippen LogP contribution in [0.1, 0.15) is 11.1 Å². The molecule has 118 valence electrons. The van der Waals surface area contributed by atoms with Gasteiger partial charge in [0.15, 0.2) is 5.82 Å². The molecule has 0 spiro atoms. The predicted molar refractivity (Wildman–Crippen MR) is 97.5 cm³/mol. The molecule has 2 aromatic heterocycles. The van der Waals surface area contributed by atoms with Crippen LogP contribution in [-0.4, -0.2) is 14.6 Å². The summed E-state index contributed by atoms with van der Waals surface area (Å²) < 4.78 is 1.92. The van der Waals surface area contributed by atoms with Gasteiger partial charge in [-0.2, -0.15) is 9.50 Å². The summed E-state index contributed by atoms with van der Waals surface area (Å²) in [6, 6.07) is 15.3. The predicted octanol–water partition coefficient (Wildman–Crippen LogP) is 3.33. The second kappa shape index (κ2) is 5.85. The van der Waals surface area contributed by atoms with Gasteiger partial charge >= 0.3 is 0 Å². The highest BCUT2D eigenvalue weighted by Gasteiger charge is 2.12. The van der Waals surface area contributed by atoms with Crippen LogP contribution < -0.4 is 10.1 Å². The maximum absolute atomic E-state index is 12.6. The zero-order valence-electron chi connectivity index (χ0n) is 12.7. The minimum Gasteiger partial charge on any atom is -0.266 e. The Morgan fingerprint density at radius 1 is 1.17 bits per heavy atom. The molecule has 2 aromatic carbocycles. The summed E-state index contributed by atoms with van der Waals surface area (Å²) >= 11 is 7.46. The second-order valence-electron chi connectivity index (χ2n) is 5.44. The highest BCUT2D eigenvalue weighted by atomic mass is 35.5. The van der Waals surface area contributed by atoms with Crippen molar-refractivity contribution >= 4 is 34.0 Å². The lowest BCUT2D eigenvalue weighted by molar-refractivity contribution is 0.936. The van der Waals surface area contributed by atoms with Crippen LogP contribution in [-0.2, 0) is 0 Å². The largest absolute Gasteiger partial charge is 0.291 e. The number of aryl methyl sites for hydroxylation is 1. The normalized spacial score (nSPS) is 12.2. The molecule has 4 rings (SSSR count). The average molecular weight is 354 g/mol. The van der Waals surface area contributed by atoms with Crippen molar-refractivity contribution in [1.82, 2.24) is 14.6 Å². The number of nitrogens with zero attached hydrogens (tertiary/aromatic N) is 3. The van der Waals surface area contributed by atoms with Crippen molar-refractivity contribution in [2.24, 2.45) is 0 Å². The number of rotatable bonds is 2. The quantitative estimate of drug-likeness (QED) is 0.555. The molecule has 0 aliphatic carbocycles. The fourth-order valence-electron chi connectivity index (χ4n) is 2.47. The van der Waals surface area contributed by atoms with Crippen molar-refractivity contribution in [3.63, 3.8) is 0 Å². The van der Waals surface area contributed by atoms with Crippen LogP contribution in [0.15, 0.2) is 53.3 Å². The number of thiazole rings is 1.